The second kappa shape index (κ2) is 6.28. The molecule has 1 unspecified atom stereocenters. The Balaban J connectivity index is 3.97. The van der Waals surface area contributed by atoms with Crippen LogP contribution in [-0.2, 0) is 24.1 Å². The lowest BCUT2D eigenvalue weighted by molar-refractivity contribution is -0.258. The minimum atomic E-state index is -1.64. The van der Waals surface area contributed by atoms with E-state index in [-0.39, 0.29) is 5.57 Å². The third-order valence-corrected chi connectivity index (χ3v) is 1.24. The van der Waals surface area contributed by atoms with Crippen molar-refractivity contribution in [2.75, 3.05) is 7.11 Å². The van der Waals surface area contributed by atoms with Gasteiger partial charge >= 0.3 is 11.9 Å². The molecular weight excluding hydrogens is 212 g/mol. The maximum Gasteiger partial charge on any atom is 0.393 e. The van der Waals surface area contributed by atoms with E-state index in [9.17, 15) is 9.59 Å². The maximum atomic E-state index is 10.9. The lowest BCUT2D eigenvalue weighted by Crippen LogP contribution is -2.20. The molecule has 0 saturated heterocycles. The van der Waals surface area contributed by atoms with E-state index in [1.54, 1.807) is 0 Å². The van der Waals surface area contributed by atoms with Gasteiger partial charge in [0.1, 0.15) is 0 Å². The zero-order valence-electron chi connectivity index (χ0n) is 7.59. The first-order chi connectivity index (χ1) is 6.49. The normalized spacial score (nSPS) is 13.0. The lowest BCUT2D eigenvalue weighted by atomic mass is 10.3. The molecule has 1 atom stereocenters. The number of thiol groups is 1. The first kappa shape index (κ1) is 12.8. The fourth-order valence-electron chi connectivity index (χ4n) is 0.413. The summed E-state index contributed by atoms with van der Waals surface area (Å²) < 4.78 is 4.51. The van der Waals surface area contributed by atoms with Gasteiger partial charge in [-0.25, -0.2) is 19.4 Å². The molecule has 0 heterocycles. The van der Waals surface area contributed by atoms with Crippen LogP contribution in [-0.4, -0.2) is 29.6 Å². The Morgan fingerprint density at radius 3 is 2.43 bits per heavy atom. The minimum absolute atomic E-state index is 0.106. The summed E-state index contributed by atoms with van der Waals surface area (Å²) in [5.41, 5.74) is -1.54. The second-order valence-corrected chi connectivity index (χ2v) is 2.67. The number of hydrogen-bond acceptors (Lipinski definition) is 7. The third-order valence-electron chi connectivity index (χ3n) is 1.03. The molecule has 0 saturated carbocycles. The fraction of sp³-hybridized carbons (Fsp3) is 0.429. The average molecular weight is 222 g/mol. The minimum Gasteiger partial charge on any atom is -0.504 e. The van der Waals surface area contributed by atoms with Crippen LogP contribution in [0.1, 0.15) is 6.92 Å². The lowest BCUT2D eigenvalue weighted by Gasteiger charge is -2.03. The number of rotatable bonds is 3. The third kappa shape index (κ3) is 4.73. The molecule has 7 heteroatoms. The van der Waals surface area contributed by atoms with Crippen molar-refractivity contribution in [2.24, 2.45) is 0 Å². The highest BCUT2D eigenvalue weighted by atomic mass is 32.1. The van der Waals surface area contributed by atoms with E-state index < -0.39 is 17.4 Å². The summed E-state index contributed by atoms with van der Waals surface area (Å²) in [7, 11) is 1.35. The summed E-state index contributed by atoms with van der Waals surface area (Å²) in [6.45, 7) is 1.40. The van der Waals surface area contributed by atoms with E-state index in [1.807, 2.05) is 0 Å². The molecule has 0 rings (SSSR count). The smallest absolute Gasteiger partial charge is 0.393 e. The summed E-state index contributed by atoms with van der Waals surface area (Å²) in [6, 6.07) is 0. The van der Waals surface area contributed by atoms with Crippen LogP contribution >= 0.6 is 12.6 Å². The molecule has 0 fully saturated rings. The molecule has 6 nitrogen and oxygen atoms in total. The van der Waals surface area contributed by atoms with Crippen LogP contribution in [0.2, 0.25) is 0 Å². The zero-order chi connectivity index (χ0) is 11.1. The number of aliphatic hydroxyl groups excluding tert-OH is 1. The largest absolute Gasteiger partial charge is 0.504 e. The molecule has 0 aliphatic heterocycles. The van der Waals surface area contributed by atoms with E-state index in [0.717, 1.165) is 6.26 Å². The summed E-state index contributed by atoms with van der Waals surface area (Å²) >= 11 is 3.34. The van der Waals surface area contributed by atoms with Gasteiger partial charge in [-0.15, -0.1) is 12.6 Å². The number of carbonyl (C=O) groups is 2. The van der Waals surface area contributed by atoms with Crippen LogP contribution < -0.4 is 0 Å². The van der Waals surface area contributed by atoms with Gasteiger partial charge in [0.05, 0.1) is 18.9 Å². The Morgan fingerprint density at radius 1 is 1.43 bits per heavy atom. The highest BCUT2D eigenvalue weighted by Gasteiger charge is 2.16. The van der Waals surface area contributed by atoms with Crippen molar-refractivity contribution in [1.29, 1.82) is 0 Å². The van der Waals surface area contributed by atoms with Crippen molar-refractivity contribution >= 4 is 24.6 Å². The van der Waals surface area contributed by atoms with Crippen LogP contribution in [0.5, 0.6) is 0 Å². The van der Waals surface area contributed by atoms with Crippen molar-refractivity contribution < 1.29 is 29.2 Å². The van der Waals surface area contributed by atoms with Gasteiger partial charge < -0.3 is 9.84 Å². The highest BCUT2D eigenvalue weighted by Crippen LogP contribution is 1.99. The van der Waals surface area contributed by atoms with E-state index in [4.69, 9.17) is 5.11 Å². The number of ether oxygens (including phenoxy) is 1. The van der Waals surface area contributed by atoms with E-state index in [2.05, 4.69) is 27.1 Å². The number of hydrogen-bond donors (Lipinski definition) is 2. The Hall–Kier alpha value is -1.21. The van der Waals surface area contributed by atoms with Crippen LogP contribution in [0.15, 0.2) is 11.8 Å². The molecule has 80 valence electrons. The van der Waals surface area contributed by atoms with Gasteiger partial charge in [0.2, 0.25) is 0 Å². The molecule has 0 aliphatic carbocycles. The molecule has 0 aliphatic rings. The molecule has 1 N–H and O–H groups in total. The monoisotopic (exact) mass is 222 g/mol. The van der Waals surface area contributed by atoms with E-state index in [1.165, 1.54) is 14.0 Å². The van der Waals surface area contributed by atoms with Crippen LogP contribution in [0.25, 0.3) is 0 Å². The molecular formula is C7H10O6S. The predicted molar refractivity (Wildman–Crippen MR) is 47.9 cm³/mol. The second-order valence-electron chi connectivity index (χ2n) is 2.18. The van der Waals surface area contributed by atoms with E-state index >= 15 is 0 Å². The van der Waals surface area contributed by atoms with Crippen molar-refractivity contribution in [3.63, 3.8) is 0 Å². The predicted octanol–water partition coefficient (Wildman–Crippen LogP) is -0.214. The summed E-state index contributed by atoms with van der Waals surface area (Å²) in [4.78, 5) is 29.4. The Kier molecular flexibility index (Phi) is 5.73. The van der Waals surface area contributed by atoms with Gasteiger partial charge in [-0.3, -0.25) is 0 Å². The number of aliphatic hydroxyl groups is 1. The van der Waals surface area contributed by atoms with Crippen molar-refractivity contribution in [3.05, 3.63) is 11.8 Å². The first-order valence-electron chi connectivity index (χ1n) is 3.47. The number of methoxy groups -OCH3 is 1. The van der Waals surface area contributed by atoms with Gasteiger partial charge in [0.25, 0.3) is 0 Å². The van der Waals surface area contributed by atoms with Crippen molar-refractivity contribution in [1.82, 2.24) is 0 Å². The van der Waals surface area contributed by atoms with Gasteiger partial charge in [0.15, 0.2) is 5.44 Å². The molecule has 0 bridgehead atoms. The summed E-state index contributed by atoms with van der Waals surface area (Å²) in [5.74, 6) is -2.07. The van der Waals surface area contributed by atoms with Crippen molar-refractivity contribution in [2.45, 2.75) is 12.4 Å². The fourth-order valence-corrected chi connectivity index (χ4v) is 0.456. The van der Waals surface area contributed by atoms with E-state index in [0.29, 0.717) is 0 Å². The van der Waals surface area contributed by atoms with Gasteiger partial charge in [-0.1, -0.05) is 0 Å². The topological polar surface area (TPSA) is 82.1 Å². The number of carbonyl (C=O) groups excluding carboxylic acids is 2. The van der Waals surface area contributed by atoms with Crippen LogP contribution in [0.3, 0.4) is 0 Å². The molecule has 0 radical (unpaired) electrons. The Bertz CT molecular complexity index is 247. The van der Waals surface area contributed by atoms with Crippen LogP contribution in [0.4, 0.5) is 0 Å². The SMILES string of the molecule is CO/C=C(\C)C(=O)OOC(=O)C(O)S. The first-order valence-corrected chi connectivity index (χ1v) is 3.99. The Labute approximate surface area is 85.8 Å². The molecule has 0 spiro atoms. The Morgan fingerprint density at radius 2 is 2.00 bits per heavy atom. The van der Waals surface area contributed by atoms with Gasteiger partial charge in [-0.05, 0) is 6.92 Å². The molecule has 0 amide bonds. The van der Waals surface area contributed by atoms with Gasteiger partial charge in [0, 0.05) is 0 Å². The van der Waals surface area contributed by atoms with Gasteiger partial charge in [-0.2, -0.15) is 0 Å². The average Bonchev–Trinajstić information content (AvgIpc) is 2.13. The highest BCUT2D eigenvalue weighted by molar-refractivity contribution is 7.81. The standard InChI is InChI=1S/C7H10O6S/c1-4(3-11-2)5(8)12-13-6(9)7(10)14/h3,7,10,14H,1-2H3/b4-3+. The molecule has 0 aromatic heterocycles. The molecule has 14 heavy (non-hydrogen) atoms. The summed E-state index contributed by atoms with van der Waals surface area (Å²) in [6.07, 6.45) is 1.12. The van der Waals surface area contributed by atoms with Crippen LogP contribution in [0, 0.1) is 0 Å². The maximum absolute atomic E-state index is 10.9. The van der Waals surface area contributed by atoms with Crippen molar-refractivity contribution in [3.8, 4) is 0 Å². The quantitative estimate of drug-likeness (QED) is 0.172. The zero-order valence-corrected chi connectivity index (χ0v) is 8.48. The molecule has 0 aromatic rings. The summed E-state index contributed by atoms with van der Waals surface area (Å²) in [5, 5.41) is 8.53. The molecule has 0 aromatic carbocycles.